The van der Waals surface area contributed by atoms with Crippen LogP contribution in [0.1, 0.15) is 33.8 Å². The molecule has 0 bridgehead atoms. The molecular weight excluding hydrogens is 252 g/mol. The van der Waals surface area contributed by atoms with Gasteiger partial charge in [0.1, 0.15) is 6.29 Å². The number of hydrogen-bond acceptors (Lipinski definition) is 3. The van der Waals surface area contributed by atoms with Crippen molar-refractivity contribution in [3.63, 3.8) is 0 Å². The molecule has 0 spiro atoms. The third-order valence-corrected chi connectivity index (χ3v) is 3.24. The maximum Gasteiger partial charge on any atom is 0.337 e. The van der Waals surface area contributed by atoms with E-state index in [0.717, 1.165) is 17.4 Å². The molecule has 0 aliphatic carbocycles. The van der Waals surface area contributed by atoms with Gasteiger partial charge in [0.2, 0.25) is 0 Å². The van der Waals surface area contributed by atoms with Crippen LogP contribution in [0, 0.1) is 0 Å². The number of carbonyl (C=O) groups is 2. The Labute approximate surface area is 118 Å². The van der Waals surface area contributed by atoms with Crippen LogP contribution in [0.3, 0.4) is 0 Å². The maximum atomic E-state index is 11.6. The largest absolute Gasteiger partial charge is 0.465 e. The standard InChI is InChI=1S/C17H16O3/c1-20-17(19)15-9-5-8-14(12-15)16(10-11-18)13-6-3-2-4-7-13/h2-9,11-12,16H,10H2,1H3/t16-/m0/s1. The van der Waals surface area contributed by atoms with Gasteiger partial charge in [0, 0.05) is 12.3 Å². The summed E-state index contributed by atoms with van der Waals surface area (Å²) in [4.78, 5) is 22.5. The molecule has 0 saturated carbocycles. The second kappa shape index (κ2) is 6.66. The van der Waals surface area contributed by atoms with Gasteiger partial charge in [-0.1, -0.05) is 42.5 Å². The molecule has 102 valence electrons. The van der Waals surface area contributed by atoms with Crippen LogP contribution in [0.4, 0.5) is 0 Å². The quantitative estimate of drug-likeness (QED) is 0.618. The molecular formula is C17H16O3. The summed E-state index contributed by atoms with van der Waals surface area (Å²) >= 11 is 0. The van der Waals surface area contributed by atoms with Gasteiger partial charge >= 0.3 is 5.97 Å². The molecule has 0 aliphatic heterocycles. The summed E-state index contributed by atoms with van der Waals surface area (Å²) in [7, 11) is 1.36. The minimum Gasteiger partial charge on any atom is -0.465 e. The van der Waals surface area contributed by atoms with Gasteiger partial charge in [-0.15, -0.1) is 0 Å². The van der Waals surface area contributed by atoms with Crippen LogP contribution in [0.25, 0.3) is 0 Å². The summed E-state index contributed by atoms with van der Waals surface area (Å²) in [6.07, 6.45) is 1.29. The van der Waals surface area contributed by atoms with Crippen molar-refractivity contribution < 1.29 is 14.3 Å². The molecule has 2 rings (SSSR count). The fourth-order valence-corrected chi connectivity index (χ4v) is 2.25. The first-order chi connectivity index (χ1) is 9.76. The Hall–Kier alpha value is -2.42. The van der Waals surface area contributed by atoms with E-state index in [4.69, 9.17) is 4.74 Å². The predicted molar refractivity (Wildman–Crippen MR) is 76.7 cm³/mol. The van der Waals surface area contributed by atoms with Crippen LogP contribution < -0.4 is 0 Å². The van der Waals surface area contributed by atoms with Crippen LogP contribution in [0.2, 0.25) is 0 Å². The lowest BCUT2D eigenvalue weighted by molar-refractivity contribution is -0.108. The summed E-state index contributed by atoms with van der Waals surface area (Å²) in [6.45, 7) is 0. The molecule has 0 saturated heterocycles. The molecule has 0 amide bonds. The Morgan fingerprint density at radius 1 is 1.10 bits per heavy atom. The average Bonchev–Trinajstić information content (AvgIpc) is 2.52. The summed E-state index contributed by atoms with van der Waals surface area (Å²) in [6, 6.07) is 17.0. The second-order valence-electron chi connectivity index (χ2n) is 4.48. The van der Waals surface area contributed by atoms with E-state index in [1.165, 1.54) is 7.11 Å². The van der Waals surface area contributed by atoms with Crippen molar-refractivity contribution >= 4 is 12.3 Å². The zero-order valence-corrected chi connectivity index (χ0v) is 11.3. The first-order valence-corrected chi connectivity index (χ1v) is 6.43. The number of aldehydes is 1. The predicted octanol–water partition coefficient (Wildman–Crippen LogP) is 3.19. The van der Waals surface area contributed by atoms with Gasteiger partial charge in [0.05, 0.1) is 12.7 Å². The first kappa shape index (κ1) is 14.0. The molecule has 3 nitrogen and oxygen atoms in total. The molecule has 0 fully saturated rings. The highest BCUT2D eigenvalue weighted by Crippen LogP contribution is 2.27. The molecule has 2 aromatic rings. The third-order valence-electron chi connectivity index (χ3n) is 3.24. The topological polar surface area (TPSA) is 43.4 Å². The van der Waals surface area contributed by atoms with E-state index < -0.39 is 0 Å². The Morgan fingerprint density at radius 3 is 2.45 bits per heavy atom. The molecule has 20 heavy (non-hydrogen) atoms. The molecule has 3 heteroatoms. The number of ether oxygens (including phenoxy) is 1. The molecule has 0 aromatic heterocycles. The lowest BCUT2D eigenvalue weighted by Crippen LogP contribution is -2.06. The van der Waals surface area contributed by atoms with E-state index in [1.807, 2.05) is 42.5 Å². The molecule has 1 atom stereocenters. The minimum atomic E-state index is -0.371. The van der Waals surface area contributed by atoms with Gasteiger partial charge in [-0.2, -0.15) is 0 Å². The number of rotatable bonds is 5. The number of hydrogen-bond donors (Lipinski definition) is 0. The van der Waals surface area contributed by atoms with Crippen LogP contribution in [0.5, 0.6) is 0 Å². The zero-order valence-electron chi connectivity index (χ0n) is 11.3. The number of methoxy groups -OCH3 is 1. The van der Waals surface area contributed by atoms with E-state index in [2.05, 4.69) is 0 Å². The molecule has 2 aromatic carbocycles. The number of esters is 1. The Morgan fingerprint density at radius 2 is 1.80 bits per heavy atom. The highest BCUT2D eigenvalue weighted by atomic mass is 16.5. The lowest BCUT2D eigenvalue weighted by atomic mass is 9.88. The van der Waals surface area contributed by atoms with Crippen molar-refractivity contribution in [2.24, 2.45) is 0 Å². The van der Waals surface area contributed by atoms with E-state index in [-0.39, 0.29) is 11.9 Å². The molecule has 0 unspecified atom stereocenters. The Balaban J connectivity index is 2.39. The van der Waals surface area contributed by atoms with Crippen molar-refractivity contribution in [2.45, 2.75) is 12.3 Å². The zero-order chi connectivity index (χ0) is 14.4. The Bertz CT molecular complexity index is 590. The first-order valence-electron chi connectivity index (χ1n) is 6.43. The average molecular weight is 268 g/mol. The van der Waals surface area contributed by atoms with Gasteiger partial charge in [-0.25, -0.2) is 4.79 Å². The van der Waals surface area contributed by atoms with Crippen LogP contribution in [0.15, 0.2) is 54.6 Å². The van der Waals surface area contributed by atoms with E-state index in [1.54, 1.807) is 12.1 Å². The van der Waals surface area contributed by atoms with Gasteiger partial charge in [0.15, 0.2) is 0 Å². The molecule has 0 heterocycles. The van der Waals surface area contributed by atoms with Crippen LogP contribution in [-0.4, -0.2) is 19.4 Å². The van der Waals surface area contributed by atoms with Gasteiger partial charge < -0.3 is 9.53 Å². The van der Waals surface area contributed by atoms with Crippen LogP contribution in [-0.2, 0) is 9.53 Å². The summed E-state index contributed by atoms with van der Waals surface area (Å²) < 4.78 is 4.73. The van der Waals surface area contributed by atoms with Crippen molar-refractivity contribution in [1.82, 2.24) is 0 Å². The van der Waals surface area contributed by atoms with E-state index in [0.29, 0.717) is 12.0 Å². The number of benzene rings is 2. The lowest BCUT2D eigenvalue weighted by Gasteiger charge is -2.16. The summed E-state index contributed by atoms with van der Waals surface area (Å²) in [5, 5.41) is 0. The summed E-state index contributed by atoms with van der Waals surface area (Å²) in [5.41, 5.74) is 2.49. The van der Waals surface area contributed by atoms with Crippen molar-refractivity contribution in [3.8, 4) is 0 Å². The fourth-order valence-electron chi connectivity index (χ4n) is 2.25. The highest BCUT2D eigenvalue weighted by Gasteiger charge is 2.15. The van der Waals surface area contributed by atoms with Crippen molar-refractivity contribution in [1.29, 1.82) is 0 Å². The molecule has 0 aliphatic rings. The highest BCUT2D eigenvalue weighted by molar-refractivity contribution is 5.89. The maximum absolute atomic E-state index is 11.6. The minimum absolute atomic E-state index is 0.0432. The van der Waals surface area contributed by atoms with Crippen molar-refractivity contribution in [2.75, 3.05) is 7.11 Å². The third kappa shape index (κ3) is 3.12. The molecule has 0 radical (unpaired) electrons. The van der Waals surface area contributed by atoms with Gasteiger partial charge in [-0.3, -0.25) is 0 Å². The Kier molecular flexibility index (Phi) is 4.66. The van der Waals surface area contributed by atoms with E-state index in [9.17, 15) is 9.59 Å². The van der Waals surface area contributed by atoms with Crippen molar-refractivity contribution in [3.05, 3.63) is 71.3 Å². The van der Waals surface area contributed by atoms with Gasteiger partial charge in [0.25, 0.3) is 0 Å². The molecule has 0 N–H and O–H groups in total. The smallest absolute Gasteiger partial charge is 0.337 e. The van der Waals surface area contributed by atoms with E-state index >= 15 is 0 Å². The monoisotopic (exact) mass is 268 g/mol. The number of carbonyl (C=O) groups excluding carboxylic acids is 2. The van der Waals surface area contributed by atoms with Gasteiger partial charge in [-0.05, 0) is 23.3 Å². The second-order valence-corrected chi connectivity index (χ2v) is 4.48. The SMILES string of the molecule is COC(=O)c1cccc([C@@H](CC=O)c2ccccc2)c1. The van der Waals surface area contributed by atoms with Crippen LogP contribution >= 0.6 is 0 Å². The fraction of sp³-hybridized carbons (Fsp3) is 0.176. The summed E-state index contributed by atoms with van der Waals surface area (Å²) in [5.74, 6) is -0.414. The normalized spacial score (nSPS) is 11.7.